The molecule has 0 saturated carbocycles. The van der Waals surface area contributed by atoms with Gasteiger partial charge in [0.1, 0.15) is 17.2 Å². The molecule has 0 bridgehead atoms. The van der Waals surface area contributed by atoms with E-state index in [0.717, 1.165) is 9.08 Å². The summed E-state index contributed by atoms with van der Waals surface area (Å²) in [5, 5.41) is 4.26. The zero-order valence-electron chi connectivity index (χ0n) is 18.4. The fourth-order valence-corrected chi connectivity index (χ4v) is 3.85. The molecular weight excluding hydrogens is 486 g/mol. The first-order chi connectivity index (χ1) is 17.0. The number of nitrogens with one attached hydrogen (secondary N) is 1. The van der Waals surface area contributed by atoms with Crippen LogP contribution in [-0.4, -0.2) is 23.7 Å². The first-order valence-corrected chi connectivity index (χ1v) is 10.3. The molecule has 1 aromatic carbocycles. The molecule has 0 spiro atoms. The Morgan fingerprint density at radius 2 is 1.78 bits per heavy atom. The lowest BCUT2D eigenvalue weighted by Gasteiger charge is -2.10. The summed E-state index contributed by atoms with van der Waals surface area (Å²) in [7, 11) is 1.52. The zero-order valence-corrected chi connectivity index (χ0v) is 18.4. The molecule has 4 heterocycles. The van der Waals surface area contributed by atoms with E-state index >= 15 is 0 Å². The molecule has 0 atom stereocenters. The van der Waals surface area contributed by atoms with Crippen molar-refractivity contribution in [3.05, 3.63) is 87.1 Å². The van der Waals surface area contributed by atoms with Crippen molar-refractivity contribution >= 4 is 11.6 Å². The molecule has 14 heteroatoms. The predicted molar refractivity (Wildman–Crippen MR) is 117 cm³/mol. The topological polar surface area (TPSA) is 127 Å². The second kappa shape index (κ2) is 8.18. The summed E-state index contributed by atoms with van der Waals surface area (Å²) < 4.78 is 60.9. The summed E-state index contributed by atoms with van der Waals surface area (Å²) in [5.74, 6) is -2.01. The second-order valence-corrected chi connectivity index (χ2v) is 7.86. The molecule has 0 fully saturated rings. The van der Waals surface area contributed by atoms with Crippen LogP contribution >= 0.6 is 0 Å². The molecule has 0 radical (unpaired) electrons. The van der Waals surface area contributed by atoms with Gasteiger partial charge in [-0.1, -0.05) is 0 Å². The van der Waals surface area contributed by atoms with Crippen LogP contribution in [0, 0.1) is 5.82 Å². The molecular formula is C22H16F4N7O3+. The van der Waals surface area contributed by atoms with E-state index in [4.69, 9.17) is 5.73 Å². The van der Waals surface area contributed by atoms with Crippen molar-refractivity contribution in [2.24, 2.45) is 7.05 Å². The Balaban J connectivity index is 1.79. The number of nitrogens with two attached hydrogens (primary N) is 1. The lowest BCUT2D eigenvalue weighted by molar-refractivity contribution is -0.351. The third kappa shape index (κ3) is 3.81. The summed E-state index contributed by atoms with van der Waals surface area (Å²) in [5.41, 5.74) is 5.99. The Morgan fingerprint density at radius 1 is 1.08 bits per heavy atom. The minimum Gasteiger partial charge on any atom is -0.439 e. The Kier molecular flexibility index (Phi) is 5.23. The molecule has 0 aliphatic rings. The number of aromatic amines is 1. The number of oxazole rings is 1. The predicted octanol–water partition coefficient (Wildman–Crippen LogP) is 2.12. The van der Waals surface area contributed by atoms with Crippen LogP contribution in [-0.2, 0) is 19.8 Å². The Morgan fingerprint density at radius 3 is 2.44 bits per heavy atom. The molecule has 36 heavy (non-hydrogen) atoms. The number of fused-ring (bicyclic) bond motifs is 1. The molecule has 184 valence electrons. The molecule has 0 amide bonds. The third-order valence-electron chi connectivity index (χ3n) is 5.51. The molecule has 4 aromatic heterocycles. The van der Waals surface area contributed by atoms with E-state index in [1.54, 1.807) is 0 Å². The normalized spacial score (nSPS) is 11.9. The number of aryl methyl sites for hydroxylation is 1. The van der Waals surface area contributed by atoms with Crippen LogP contribution in [0.5, 0.6) is 0 Å². The van der Waals surface area contributed by atoms with Crippen molar-refractivity contribution in [1.82, 2.24) is 23.7 Å². The highest BCUT2D eigenvalue weighted by molar-refractivity contribution is 5.88. The summed E-state index contributed by atoms with van der Waals surface area (Å²) >= 11 is 0. The van der Waals surface area contributed by atoms with Gasteiger partial charge in [-0.25, -0.2) is 19.2 Å². The number of pyridine rings is 1. The Bertz CT molecular complexity index is 1730. The molecule has 0 aliphatic carbocycles. The number of nitrogen functional groups attached to an aromatic ring is 1. The highest BCUT2D eigenvalue weighted by Gasteiger charge is 2.39. The number of rotatable bonds is 4. The first kappa shape index (κ1) is 23.0. The van der Waals surface area contributed by atoms with Gasteiger partial charge in [-0.15, -0.1) is 9.50 Å². The van der Waals surface area contributed by atoms with Crippen molar-refractivity contribution in [2.75, 3.05) is 5.73 Å². The van der Waals surface area contributed by atoms with Crippen LogP contribution in [0.3, 0.4) is 0 Å². The number of H-pyrrole nitrogens is 1. The van der Waals surface area contributed by atoms with Gasteiger partial charge in [-0.2, -0.15) is 17.9 Å². The van der Waals surface area contributed by atoms with Crippen molar-refractivity contribution in [2.45, 2.75) is 12.7 Å². The minimum atomic E-state index is -4.82. The molecule has 3 N–H and O–H groups in total. The van der Waals surface area contributed by atoms with Crippen LogP contribution in [0.25, 0.3) is 28.0 Å². The number of nitrogens with zero attached hydrogens (tertiary/aromatic N) is 5. The minimum absolute atomic E-state index is 0.00808. The van der Waals surface area contributed by atoms with Gasteiger partial charge >= 0.3 is 17.8 Å². The molecule has 0 aliphatic heterocycles. The highest BCUT2D eigenvalue weighted by Crippen LogP contribution is 2.33. The molecule has 10 nitrogen and oxygen atoms in total. The van der Waals surface area contributed by atoms with Gasteiger partial charge in [0.15, 0.2) is 6.39 Å². The van der Waals surface area contributed by atoms with E-state index in [1.165, 1.54) is 54.2 Å². The number of halogens is 4. The monoisotopic (exact) mass is 502 g/mol. The number of hydrogen-bond acceptors (Lipinski definition) is 6. The molecule has 0 saturated heterocycles. The SMILES string of the molecule is Cn1cc(-c2c(-c3ccc(F)cc3)[nH+]c(N)n3c(=O)n(Cc4ncoc4C(F)(F)F)nc23)ccc1=O. The van der Waals surface area contributed by atoms with Crippen molar-refractivity contribution in [3.8, 4) is 22.4 Å². The fraction of sp³-hybridized carbons (Fsp3) is 0.136. The summed E-state index contributed by atoms with van der Waals surface area (Å²) in [6, 6.07) is 8.20. The number of alkyl halides is 3. The van der Waals surface area contributed by atoms with Crippen LogP contribution in [0.15, 0.2) is 63.0 Å². The van der Waals surface area contributed by atoms with Gasteiger partial charge in [-0.3, -0.25) is 10.5 Å². The van der Waals surface area contributed by atoms with E-state index in [1.807, 2.05) is 0 Å². The van der Waals surface area contributed by atoms with Gasteiger partial charge in [0, 0.05) is 30.4 Å². The van der Waals surface area contributed by atoms with E-state index < -0.39 is 35.7 Å². The highest BCUT2D eigenvalue weighted by atomic mass is 19.4. The number of anilines is 1. The molecule has 5 rings (SSSR count). The second-order valence-electron chi connectivity index (χ2n) is 7.86. The van der Waals surface area contributed by atoms with Crippen molar-refractivity contribution < 1.29 is 27.0 Å². The average molecular weight is 502 g/mol. The largest absolute Gasteiger partial charge is 0.451 e. The van der Waals surface area contributed by atoms with Gasteiger partial charge < -0.3 is 8.98 Å². The molecule has 5 aromatic rings. The number of aromatic nitrogens is 6. The maximum absolute atomic E-state index is 13.6. The standard InChI is InChI=1S/C22H15F4N7O3/c1-31-8-12(4-7-15(31)34)16-17(11-2-5-13(23)6-3-11)29-20(27)33-19(16)30-32(21(33)35)9-14-18(22(24,25)26)36-10-28-14/h2-8,10H,9H2,1H3,(H2,27,29)/p+1. The van der Waals surface area contributed by atoms with E-state index in [2.05, 4.69) is 19.5 Å². The van der Waals surface area contributed by atoms with E-state index in [9.17, 15) is 27.2 Å². The van der Waals surface area contributed by atoms with Gasteiger partial charge in [0.25, 0.3) is 0 Å². The van der Waals surface area contributed by atoms with Gasteiger partial charge in [-0.05, 0) is 30.3 Å². The summed E-state index contributed by atoms with van der Waals surface area (Å²) in [6.45, 7) is -0.649. The van der Waals surface area contributed by atoms with Gasteiger partial charge in [0.05, 0.1) is 12.1 Å². The van der Waals surface area contributed by atoms with Gasteiger partial charge in [0.2, 0.25) is 17.0 Å². The average Bonchev–Trinajstić information content (AvgIpc) is 3.42. The van der Waals surface area contributed by atoms with Crippen LogP contribution < -0.4 is 22.0 Å². The number of hydrogen-bond donors (Lipinski definition) is 1. The van der Waals surface area contributed by atoms with Crippen molar-refractivity contribution in [1.29, 1.82) is 0 Å². The van der Waals surface area contributed by atoms with Crippen LogP contribution in [0.2, 0.25) is 0 Å². The first-order valence-electron chi connectivity index (χ1n) is 10.3. The van der Waals surface area contributed by atoms with E-state index in [-0.39, 0.29) is 17.2 Å². The quantitative estimate of drug-likeness (QED) is 0.375. The number of benzene rings is 1. The zero-order chi connectivity index (χ0) is 25.8. The third-order valence-corrected chi connectivity index (χ3v) is 5.51. The van der Waals surface area contributed by atoms with E-state index in [0.29, 0.717) is 28.8 Å². The maximum Gasteiger partial charge on any atom is 0.451 e. The van der Waals surface area contributed by atoms with Crippen LogP contribution in [0.1, 0.15) is 11.5 Å². The lowest BCUT2D eigenvalue weighted by atomic mass is 10.0. The fourth-order valence-electron chi connectivity index (χ4n) is 3.85. The summed E-state index contributed by atoms with van der Waals surface area (Å²) in [6.07, 6.45) is -2.70. The Labute approximate surface area is 197 Å². The maximum atomic E-state index is 13.6. The summed E-state index contributed by atoms with van der Waals surface area (Å²) in [4.78, 5) is 31.6. The smallest absolute Gasteiger partial charge is 0.439 e. The van der Waals surface area contributed by atoms with Crippen molar-refractivity contribution in [3.63, 3.8) is 0 Å². The van der Waals surface area contributed by atoms with Crippen LogP contribution in [0.4, 0.5) is 23.5 Å². The molecule has 0 unspecified atom stereocenters. The Hall–Kier alpha value is -4.75. The lowest BCUT2D eigenvalue weighted by Crippen LogP contribution is -2.28.